The van der Waals surface area contributed by atoms with Gasteiger partial charge in [0, 0.05) is 12.1 Å². The van der Waals surface area contributed by atoms with Crippen LogP contribution >= 0.6 is 11.6 Å². The summed E-state index contributed by atoms with van der Waals surface area (Å²) in [6.45, 7) is 0. The van der Waals surface area contributed by atoms with E-state index >= 15 is 0 Å². The fourth-order valence-electron chi connectivity index (χ4n) is 2.09. The molecule has 1 N–H and O–H groups in total. The van der Waals surface area contributed by atoms with Gasteiger partial charge in [0.15, 0.2) is 5.82 Å². The predicted molar refractivity (Wildman–Crippen MR) is 58.6 cm³/mol. The Balaban J connectivity index is 2.13. The number of aromatic nitrogens is 2. The number of hydrogen-bond acceptors (Lipinski definition) is 2. The van der Waals surface area contributed by atoms with Crippen molar-refractivity contribution in [2.24, 2.45) is 5.92 Å². The lowest BCUT2D eigenvalue weighted by Gasteiger charge is -2.00. The first kappa shape index (κ1) is 10.5. The van der Waals surface area contributed by atoms with Crippen LogP contribution in [0.1, 0.15) is 18.0 Å². The molecule has 1 saturated carbocycles. The molecule has 2 aromatic heterocycles. The average molecular weight is 255 g/mol. The fraction of sp³-hybridized carbons (Fsp3) is 0.273. The van der Waals surface area contributed by atoms with Crippen molar-refractivity contribution in [3.63, 3.8) is 0 Å². The number of rotatable bonds is 2. The lowest BCUT2D eigenvalue weighted by Crippen LogP contribution is -2.00. The highest BCUT2D eigenvalue weighted by Gasteiger charge is 2.46. The normalized spacial score (nSPS) is 22.9. The van der Waals surface area contributed by atoms with Crippen LogP contribution in [0.5, 0.6) is 0 Å². The fourth-order valence-corrected chi connectivity index (χ4v) is 2.23. The monoisotopic (exact) mass is 254 g/mol. The minimum Gasteiger partial charge on any atom is -0.481 e. The van der Waals surface area contributed by atoms with Gasteiger partial charge in [0.25, 0.3) is 0 Å². The molecule has 2 unspecified atom stereocenters. The first-order valence-electron chi connectivity index (χ1n) is 5.13. The van der Waals surface area contributed by atoms with E-state index in [9.17, 15) is 9.18 Å². The van der Waals surface area contributed by atoms with Crippen LogP contribution in [0.4, 0.5) is 4.39 Å². The highest BCUT2D eigenvalue weighted by Crippen LogP contribution is 2.48. The van der Waals surface area contributed by atoms with Crippen LogP contribution in [0, 0.1) is 11.7 Å². The third kappa shape index (κ3) is 1.50. The van der Waals surface area contributed by atoms with Gasteiger partial charge >= 0.3 is 5.97 Å². The number of fused-ring (bicyclic) bond motifs is 1. The molecule has 6 heteroatoms. The first-order chi connectivity index (χ1) is 8.09. The molecule has 0 saturated heterocycles. The molecule has 0 spiro atoms. The molecule has 0 aliphatic heterocycles. The maximum absolute atomic E-state index is 13.9. The number of carboxylic acid groups (broad SMARTS) is 1. The molecular weight excluding hydrogens is 247 g/mol. The van der Waals surface area contributed by atoms with Gasteiger partial charge in [-0.05, 0) is 12.5 Å². The lowest BCUT2D eigenvalue weighted by molar-refractivity contribution is -0.138. The zero-order chi connectivity index (χ0) is 12.2. The molecule has 2 heterocycles. The maximum atomic E-state index is 13.9. The van der Waals surface area contributed by atoms with Gasteiger partial charge in [0.05, 0.1) is 23.0 Å². The Kier molecular flexibility index (Phi) is 2.13. The highest BCUT2D eigenvalue weighted by molar-refractivity contribution is 6.31. The zero-order valence-corrected chi connectivity index (χ0v) is 9.36. The standard InChI is InChI=1S/C11H8ClFN2O2/c12-7-1-2-15-4-14-9(10(15)8(7)13)5-3-6(5)11(16)17/h1-2,4-6H,3H2,(H,16,17). The molecule has 2 aromatic rings. The van der Waals surface area contributed by atoms with E-state index in [1.807, 2.05) is 0 Å². The van der Waals surface area contributed by atoms with Crippen LogP contribution in [-0.2, 0) is 4.79 Å². The van der Waals surface area contributed by atoms with Crippen molar-refractivity contribution in [3.05, 3.63) is 35.1 Å². The quantitative estimate of drug-likeness (QED) is 0.895. The van der Waals surface area contributed by atoms with E-state index < -0.39 is 17.7 Å². The van der Waals surface area contributed by atoms with Crippen molar-refractivity contribution >= 4 is 23.1 Å². The molecule has 1 fully saturated rings. The summed E-state index contributed by atoms with van der Waals surface area (Å²) in [4.78, 5) is 14.9. The lowest BCUT2D eigenvalue weighted by atomic mass is 10.2. The maximum Gasteiger partial charge on any atom is 0.307 e. The zero-order valence-electron chi connectivity index (χ0n) is 8.60. The number of nitrogens with zero attached hydrogens (tertiary/aromatic N) is 2. The Morgan fingerprint density at radius 1 is 1.65 bits per heavy atom. The highest BCUT2D eigenvalue weighted by atomic mass is 35.5. The van der Waals surface area contributed by atoms with Crippen molar-refractivity contribution in [2.45, 2.75) is 12.3 Å². The summed E-state index contributed by atoms with van der Waals surface area (Å²) in [5, 5.41) is 8.88. The summed E-state index contributed by atoms with van der Waals surface area (Å²) in [6, 6.07) is 1.44. The largest absolute Gasteiger partial charge is 0.481 e. The first-order valence-corrected chi connectivity index (χ1v) is 5.50. The number of carboxylic acids is 1. The number of carbonyl (C=O) groups is 1. The number of pyridine rings is 1. The van der Waals surface area contributed by atoms with Crippen LogP contribution in [-0.4, -0.2) is 20.5 Å². The van der Waals surface area contributed by atoms with Crippen LogP contribution in [0.2, 0.25) is 5.02 Å². The summed E-state index contributed by atoms with van der Waals surface area (Å²) in [5.41, 5.74) is 0.767. The Labute approximate surface area is 101 Å². The van der Waals surface area contributed by atoms with Crippen molar-refractivity contribution in [2.75, 3.05) is 0 Å². The molecule has 88 valence electrons. The van der Waals surface area contributed by atoms with E-state index in [1.54, 1.807) is 6.20 Å². The van der Waals surface area contributed by atoms with E-state index in [1.165, 1.54) is 16.8 Å². The molecule has 17 heavy (non-hydrogen) atoms. The number of halogens is 2. The molecule has 0 bridgehead atoms. The molecule has 0 aromatic carbocycles. The topological polar surface area (TPSA) is 54.6 Å². The van der Waals surface area contributed by atoms with Gasteiger partial charge in [0.1, 0.15) is 5.52 Å². The number of imidazole rings is 1. The molecule has 0 radical (unpaired) electrons. The smallest absolute Gasteiger partial charge is 0.307 e. The summed E-state index contributed by atoms with van der Waals surface area (Å²) >= 11 is 5.71. The predicted octanol–water partition coefficient (Wildman–Crippen LogP) is 2.31. The molecule has 2 atom stereocenters. The summed E-state index contributed by atoms with van der Waals surface area (Å²) < 4.78 is 15.4. The van der Waals surface area contributed by atoms with Gasteiger partial charge in [0.2, 0.25) is 0 Å². The van der Waals surface area contributed by atoms with Gasteiger partial charge in [-0.3, -0.25) is 4.79 Å². The molecular formula is C11H8ClFN2O2. The Morgan fingerprint density at radius 2 is 2.41 bits per heavy atom. The van der Waals surface area contributed by atoms with E-state index in [0.717, 1.165) is 0 Å². The summed E-state index contributed by atoms with van der Waals surface area (Å²) in [6.07, 6.45) is 3.59. The molecule has 1 aliphatic carbocycles. The van der Waals surface area contributed by atoms with E-state index in [2.05, 4.69) is 4.98 Å². The van der Waals surface area contributed by atoms with Crippen LogP contribution in [0.3, 0.4) is 0 Å². The molecule has 1 aliphatic rings. The van der Waals surface area contributed by atoms with Gasteiger partial charge < -0.3 is 9.51 Å². The molecule has 0 amide bonds. The number of hydrogen-bond donors (Lipinski definition) is 1. The Morgan fingerprint density at radius 3 is 3.06 bits per heavy atom. The van der Waals surface area contributed by atoms with Crippen molar-refractivity contribution in [3.8, 4) is 0 Å². The summed E-state index contributed by atoms with van der Waals surface area (Å²) in [7, 11) is 0. The van der Waals surface area contributed by atoms with Crippen LogP contribution in [0.15, 0.2) is 18.6 Å². The SMILES string of the molecule is O=C(O)C1CC1c1ncn2ccc(Cl)c(F)c12. The molecule has 4 nitrogen and oxygen atoms in total. The van der Waals surface area contributed by atoms with E-state index in [-0.39, 0.29) is 16.5 Å². The second kappa shape index (κ2) is 3.43. The minimum absolute atomic E-state index is 0.0202. The van der Waals surface area contributed by atoms with E-state index in [0.29, 0.717) is 12.1 Å². The van der Waals surface area contributed by atoms with Gasteiger partial charge in [-0.25, -0.2) is 9.37 Å². The van der Waals surface area contributed by atoms with Gasteiger partial charge in [-0.1, -0.05) is 11.6 Å². The average Bonchev–Trinajstić information content (AvgIpc) is 2.97. The van der Waals surface area contributed by atoms with Crippen LogP contribution < -0.4 is 0 Å². The van der Waals surface area contributed by atoms with Crippen molar-refractivity contribution in [1.29, 1.82) is 0 Å². The van der Waals surface area contributed by atoms with Crippen molar-refractivity contribution < 1.29 is 14.3 Å². The van der Waals surface area contributed by atoms with Gasteiger partial charge in [-0.15, -0.1) is 0 Å². The second-order valence-corrected chi connectivity index (χ2v) is 4.56. The van der Waals surface area contributed by atoms with Gasteiger partial charge in [-0.2, -0.15) is 0 Å². The Bertz CT molecular complexity index is 625. The van der Waals surface area contributed by atoms with E-state index in [4.69, 9.17) is 16.7 Å². The minimum atomic E-state index is -0.862. The Hall–Kier alpha value is -1.62. The third-order valence-corrected chi connectivity index (χ3v) is 3.37. The van der Waals surface area contributed by atoms with Crippen LogP contribution in [0.25, 0.3) is 5.52 Å². The number of aliphatic carboxylic acids is 1. The molecule has 3 rings (SSSR count). The van der Waals surface area contributed by atoms with Crippen molar-refractivity contribution in [1.82, 2.24) is 9.38 Å². The second-order valence-electron chi connectivity index (χ2n) is 4.15. The third-order valence-electron chi connectivity index (χ3n) is 3.08. The summed E-state index contributed by atoms with van der Waals surface area (Å²) in [5.74, 6) is -2.06.